The van der Waals surface area contributed by atoms with Gasteiger partial charge >= 0.3 is 0 Å². The minimum Gasteiger partial charge on any atom is -0.383 e. The molecule has 0 aliphatic carbocycles. The third-order valence-electron chi connectivity index (χ3n) is 2.49. The van der Waals surface area contributed by atoms with Gasteiger partial charge in [-0.1, -0.05) is 12.1 Å². The summed E-state index contributed by atoms with van der Waals surface area (Å²) in [6.45, 7) is 2.67. The number of benzene rings is 1. The highest BCUT2D eigenvalue weighted by molar-refractivity contribution is 8.03. The van der Waals surface area contributed by atoms with Gasteiger partial charge in [0.2, 0.25) is 0 Å². The number of thioether (sulfide) groups is 1. The molecule has 0 radical (unpaired) electrons. The summed E-state index contributed by atoms with van der Waals surface area (Å²) in [6, 6.07) is 10.1. The molecular formula is C13H14N4S. The third-order valence-corrected chi connectivity index (χ3v) is 3.47. The smallest absolute Gasteiger partial charge is 0.139 e. The highest BCUT2D eigenvalue weighted by Gasteiger charge is 2.14. The SMILES string of the molecule is Cc1cccc(NC2=C(C#N)C(N)=NCCS2)c1. The zero-order valence-corrected chi connectivity index (χ0v) is 10.9. The van der Waals surface area contributed by atoms with E-state index in [2.05, 4.69) is 16.4 Å². The summed E-state index contributed by atoms with van der Waals surface area (Å²) in [5.74, 6) is 1.14. The van der Waals surface area contributed by atoms with Gasteiger partial charge in [0, 0.05) is 11.4 Å². The second-order valence-electron chi connectivity index (χ2n) is 3.93. The van der Waals surface area contributed by atoms with Crippen molar-refractivity contribution in [2.45, 2.75) is 6.92 Å². The Morgan fingerprint density at radius 3 is 3.06 bits per heavy atom. The van der Waals surface area contributed by atoms with E-state index in [0.717, 1.165) is 16.5 Å². The molecule has 0 bridgehead atoms. The number of amidine groups is 1. The number of nitrogens with two attached hydrogens (primary N) is 1. The lowest BCUT2D eigenvalue weighted by atomic mass is 10.2. The Morgan fingerprint density at radius 2 is 2.33 bits per heavy atom. The van der Waals surface area contributed by atoms with Crippen molar-refractivity contribution in [2.75, 3.05) is 17.6 Å². The molecule has 1 aliphatic heterocycles. The molecule has 1 heterocycles. The van der Waals surface area contributed by atoms with Crippen molar-refractivity contribution in [3.05, 3.63) is 40.4 Å². The molecule has 0 unspecified atom stereocenters. The van der Waals surface area contributed by atoms with Crippen molar-refractivity contribution in [3.8, 4) is 6.07 Å². The molecule has 0 amide bonds. The Kier molecular flexibility index (Phi) is 3.90. The molecule has 2 rings (SSSR count). The van der Waals surface area contributed by atoms with Gasteiger partial charge in [-0.2, -0.15) is 5.26 Å². The van der Waals surface area contributed by atoms with Crippen LogP contribution >= 0.6 is 11.8 Å². The van der Waals surface area contributed by atoms with Crippen molar-refractivity contribution in [3.63, 3.8) is 0 Å². The van der Waals surface area contributed by atoms with Gasteiger partial charge < -0.3 is 11.1 Å². The summed E-state index contributed by atoms with van der Waals surface area (Å²) in [5.41, 5.74) is 8.33. The largest absolute Gasteiger partial charge is 0.383 e. The van der Waals surface area contributed by atoms with Crippen molar-refractivity contribution in [2.24, 2.45) is 10.7 Å². The lowest BCUT2D eigenvalue weighted by Gasteiger charge is -2.11. The lowest BCUT2D eigenvalue weighted by molar-refractivity contribution is 1.14. The number of hydrogen-bond donors (Lipinski definition) is 2. The number of hydrogen-bond acceptors (Lipinski definition) is 5. The van der Waals surface area contributed by atoms with Crippen LogP contribution in [0.3, 0.4) is 0 Å². The summed E-state index contributed by atoms with van der Waals surface area (Å²) >= 11 is 1.57. The number of nitrogens with zero attached hydrogens (tertiary/aromatic N) is 2. The zero-order valence-electron chi connectivity index (χ0n) is 10.1. The van der Waals surface area contributed by atoms with E-state index >= 15 is 0 Å². The molecule has 0 spiro atoms. The van der Waals surface area contributed by atoms with Crippen LogP contribution in [0.1, 0.15) is 5.56 Å². The first-order valence-electron chi connectivity index (χ1n) is 5.62. The standard InChI is InChI=1S/C13H14N4S/c1-9-3-2-4-10(7-9)17-13-11(8-14)12(15)16-5-6-18-13/h2-4,7,17H,5-6H2,1H3,(H2,15,16). The van der Waals surface area contributed by atoms with E-state index in [9.17, 15) is 0 Å². The molecule has 0 saturated heterocycles. The molecule has 0 fully saturated rings. The molecule has 0 aromatic heterocycles. The molecule has 1 aliphatic rings. The number of aryl methyl sites for hydroxylation is 1. The van der Waals surface area contributed by atoms with Crippen LogP contribution in [-0.2, 0) is 0 Å². The first kappa shape index (κ1) is 12.5. The van der Waals surface area contributed by atoms with E-state index in [4.69, 9.17) is 11.0 Å². The maximum absolute atomic E-state index is 9.17. The molecule has 0 atom stereocenters. The van der Waals surface area contributed by atoms with Gasteiger partial charge in [0.05, 0.1) is 11.6 Å². The molecule has 5 heteroatoms. The third kappa shape index (κ3) is 2.84. The zero-order chi connectivity index (χ0) is 13.0. The normalized spacial score (nSPS) is 15.7. The summed E-state index contributed by atoms with van der Waals surface area (Å²) < 4.78 is 0. The molecule has 1 aromatic rings. The minimum absolute atomic E-state index is 0.317. The Balaban J connectivity index is 2.31. The van der Waals surface area contributed by atoms with Crippen LogP contribution in [0.25, 0.3) is 0 Å². The van der Waals surface area contributed by atoms with Gasteiger partial charge in [-0.05, 0) is 24.6 Å². The monoisotopic (exact) mass is 258 g/mol. The first-order chi connectivity index (χ1) is 8.70. The number of rotatable bonds is 2. The van der Waals surface area contributed by atoms with E-state index in [1.54, 1.807) is 11.8 Å². The first-order valence-corrected chi connectivity index (χ1v) is 6.60. The lowest BCUT2D eigenvalue weighted by Crippen LogP contribution is -2.16. The van der Waals surface area contributed by atoms with E-state index in [-0.39, 0.29) is 0 Å². The average Bonchev–Trinajstić information content (AvgIpc) is 2.51. The molecular weight excluding hydrogens is 244 g/mol. The number of nitriles is 1. The van der Waals surface area contributed by atoms with Crippen molar-refractivity contribution in [1.82, 2.24) is 0 Å². The van der Waals surface area contributed by atoms with Gasteiger partial charge in [-0.15, -0.1) is 11.8 Å². The summed E-state index contributed by atoms with van der Waals surface area (Å²) in [6.07, 6.45) is 0. The summed E-state index contributed by atoms with van der Waals surface area (Å²) in [7, 11) is 0. The Morgan fingerprint density at radius 1 is 1.50 bits per heavy atom. The van der Waals surface area contributed by atoms with E-state index < -0.39 is 0 Å². The molecule has 4 nitrogen and oxygen atoms in total. The number of nitrogens with one attached hydrogen (secondary N) is 1. The predicted molar refractivity (Wildman–Crippen MR) is 76.4 cm³/mol. The predicted octanol–water partition coefficient (Wildman–Crippen LogP) is 2.25. The molecule has 18 heavy (non-hydrogen) atoms. The quantitative estimate of drug-likeness (QED) is 0.853. The maximum atomic E-state index is 9.17. The van der Waals surface area contributed by atoms with Gasteiger partial charge in [-0.25, -0.2) is 0 Å². The van der Waals surface area contributed by atoms with Crippen LogP contribution in [0, 0.1) is 18.3 Å². The fourth-order valence-corrected chi connectivity index (χ4v) is 2.51. The molecule has 3 N–H and O–H groups in total. The van der Waals surface area contributed by atoms with Crippen LogP contribution in [0.2, 0.25) is 0 Å². The molecule has 0 saturated carbocycles. The van der Waals surface area contributed by atoms with Crippen LogP contribution in [0.15, 0.2) is 39.9 Å². The Labute approximate surface area is 111 Å². The summed E-state index contributed by atoms with van der Waals surface area (Å²) in [4.78, 5) is 4.14. The van der Waals surface area contributed by atoms with Gasteiger partial charge in [0.15, 0.2) is 0 Å². The molecule has 92 valence electrons. The summed E-state index contributed by atoms with van der Waals surface area (Å²) in [5, 5.41) is 13.2. The number of anilines is 1. The maximum Gasteiger partial charge on any atom is 0.139 e. The van der Waals surface area contributed by atoms with Crippen LogP contribution in [0.5, 0.6) is 0 Å². The van der Waals surface area contributed by atoms with E-state index in [1.807, 2.05) is 31.2 Å². The average molecular weight is 258 g/mol. The van der Waals surface area contributed by atoms with Crippen molar-refractivity contribution < 1.29 is 0 Å². The van der Waals surface area contributed by atoms with Crippen LogP contribution < -0.4 is 11.1 Å². The second kappa shape index (κ2) is 5.61. The highest BCUT2D eigenvalue weighted by Crippen LogP contribution is 2.25. The minimum atomic E-state index is 0.317. The Hall–Kier alpha value is -1.93. The van der Waals surface area contributed by atoms with Crippen LogP contribution in [-0.4, -0.2) is 18.1 Å². The van der Waals surface area contributed by atoms with E-state index in [1.165, 1.54) is 5.56 Å². The van der Waals surface area contributed by atoms with Crippen molar-refractivity contribution in [1.29, 1.82) is 5.26 Å². The fraction of sp³-hybridized carbons (Fsp3) is 0.231. The highest BCUT2D eigenvalue weighted by atomic mass is 32.2. The van der Waals surface area contributed by atoms with Crippen LogP contribution in [0.4, 0.5) is 5.69 Å². The van der Waals surface area contributed by atoms with Gasteiger partial charge in [-0.3, -0.25) is 4.99 Å². The topological polar surface area (TPSA) is 74.2 Å². The molecule has 1 aromatic carbocycles. The number of aliphatic imine (C=N–C) groups is 1. The Bertz CT molecular complexity index is 554. The second-order valence-corrected chi connectivity index (χ2v) is 5.03. The fourth-order valence-electron chi connectivity index (χ4n) is 1.64. The van der Waals surface area contributed by atoms with Gasteiger partial charge in [0.25, 0.3) is 0 Å². The van der Waals surface area contributed by atoms with E-state index in [0.29, 0.717) is 18.0 Å². The van der Waals surface area contributed by atoms with Gasteiger partial charge in [0.1, 0.15) is 17.5 Å². The van der Waals surface area contributed by atoms with Crippen molar-refractivity contribution >= 4 is 23.3 Å².